The van der Waals surface area contributed by atoms with E-state index in [4.69, 9.17) is 4.98 Å². The summed E-state index contributed by atoms with van der Waals surface area (Å²) in [7, 11) is 1.99. The first-order chi connectivity index (χ1) is 14.0. The van der Waals surface area contributed by atoms with Crippen LogP contribution >= 0.6 is 0 Å². The lowest BCUT2D eigenvalue weighted by Gasteiger charge is -2.17. The molecule has 8 nitrogen and oxygen atoms in total. The van der Waals surface area contributed by atoms with E-state index in [2.05, 4.69) is 25.2 Å². The van der Waals surface area contributed by atoms with E-state index in [9.17, 15) is 4.79 Å². The van der Waals surface area contributed by atoms with Gasteiger partial charge in [-0.05, 0) is 39.4 Å². The van der Waals surface area contributed by atoms with Crippen LogP contribution in [0.2, 0.25) is 0 Å². The van der Waals surface area contributed by atoms with Gasteiger partial charge in [-0.1, -0.05) is 0 Å². The predicted molar refractivity (Wildman–Crippen MR) is 113 cm³/mol. The SMILES string of the molecule is CNC1CCN(c2ccc3nc(-c4cn5cc(C)[nH]c5c(C)c4=O)ncc3n2)C1. The standard InChI is InChI=1S/C21H23N7O/c1-12-9-28-11-15(19(29)13(2)21(28)24-12)20-23-8-17-16(26-20)4-5-18(25-17)27-7-6-14(10-27)22-3/h4-5,8-9,11,14,22,24H,6-7,10H2,1-3H3. The van der Waals surface area contributed by atoms with Crippen LogP contribution in [-0.2, 0) is 0 Å². The molecule has 1 atom stereocenters. The second-order valence-corrected chi connectivity index (χ2v) is 7.68. The van der Waals surface area contributed by atoms with E-state index in [-0.39, 0.29) is 5.43 Å². The van der Waals surface area contributed by atoms with Crippen molar-refractivity contribution in [3.63, 3.8) is 0 Å². The summed E-state index contributed by atoms with van der Waals surface area (Å²) in [5, 5.41) is 3.32. The maximum atomic E-state index is 12.9. The fourth-order valence-electron chi connectivity index (χ4n) is 4.03. The van der Waals surface area contributed by atoms with Crippen molar-refractivity contribution >= 4 is 22.5 Å². The molecule has 29 heavy (non-hydrogen) atoms. The molecular weight excluding hydrogens is 366 g/mol. The van der Waals surface area contributed by atoms with Crippen LogP contribution in [-0.4, -0.2) is 50.5 Å². The molecule has 4 aromatic heterocycles. The average Bonchev–Trinajstić information content (AvgIpc) is 3.36. The van der Waals surface area contributed by atoms with Crippen molar-refractivity contribution < 1.29 is 0 Å². The Hall–Kier alpha value is -3.26. The van der Waals surface area contributed by atoms with E-state index in [1.807, 2.05) is 43.6 Å². The molecule has 0 aliphatic carbocycles. The Morgan fingerprint density at radius 3 is 2.83 bits per heavy atom. The Labute approximate surface area is 167 Å². The van der Waals surface area contributed by atoms with E-state index in [1.54, 1.807) is 12.4 Å². The number of imidazole rings is 1. The lowest BCUT2D eigenvalue weighted by molar-refractivity contribution is 0.616. The number of aryl methyl sites for hydroxylation is 2. The largest absolute Gasteiger partial charge is 0.355 e. The maximum absolute atomic E-state index is 12.9. The number of likely N-dealkylation sites (N-methyl/N-ethyl adjacent to an activating group) is 1. The number of aromatic nitrogens is 5. The molecule has 0 saturated carbocycles. The number of nitrogens with zero attached hydrogens (tertiary/aromatic N) is 5. The van der Waals surface area contributed by atoms with Crippen LogP contribution in [0.4, 0.5) is 5.82 Å². The van der Waals surface area contributed by atoms with Crippen LogP contribution in [0, 0.1) is 13.8 Å². The van der Waals surface area contributed by atoms with Gasteiger partial charge in [0.05, 0.1) is 17.3 Å². The Morgan fingerprint density at radius 1 is 1.17 bits per heavy atom. The first-order valence-corrected chi connectivity index (χ1v) is 9.81. The number of hydrogen-bond donors (Lipinski definition) is 2. The number of hydrogen-bond acceptors (Lipinski definition) is 6. The summed E-state index contributed by atoms with van der Waals surface area (Å²) in [6, 6.07) is 4.45. The molecular formula is C21H23N7O. The van der Waals surface area contributed by atoms with Gasteiger partial charge < -0.3 is 19.6 Å². The summed E-state index contributed by atoms with van der Waals surface area (Å²) < 4.78 is 1.92. The highest BCUT2D eigenvalue weighted by atomic mass is 16.1. The number of pyridine rings is 2. The van der Waals surface area contributed by atoms with Crippen molar-refractivity contribution in [1.29, 1.82) is 0 Å². The van der Waals surface area contributed by atoms with Crippen LogP contribution in [0.1, 0.15) is 17.7 Å². The summed E-state index contributed by atoms with van der Waals surface area (Å²) in [5.74, 6) is 1.36. The summed E-state index contributed by atoms with van der Waals surface area (Å²) in [6.45, 7) is 5.71. The molecule has 0 spiro atoms. The Morgan fingerprint density at radius 2 is 2.03 bits per heavy atom. The molecule has 1 saturated heterocycles. The van der Waals surface area contributed by atoms with Crippen LogP contribution in [0.25, 0.3) is 28.1 Å². The van der Waals surface area contributed by atoms with Gasteiger partial charge in [0.2, 0.25) is 0 Å². The number of H-pyrrole nitrogens is 1. The Bertz CT molecular complexity index is 1290. The van der Waals surface area contributed by atoms with E-state index < -0.39 is 0 Å². The minimum atomic E-state index is -0.0639. The van der Waals surface area contributed by atoms with Gasteiger partial charge >= 0.3 is 0 Å². The smallest absolute Gasteiger partial charge is 0.197 e. The minimum Gasteiger partial charge on any atom is -0.355 e. The third-order valence-corrected chi connectivity index (χ3v) is 5.70. The molecule has 2 N–H and O–H groups in total. The van der Waals surface area contributed by atoms with Gasteiger partial charge in [-0.2, -0.15) is 0 Å². The average molecular weight is 389 g/mol. The summed E-state index contributed by atoms with van der Waals surface area (Å²) in [6.07, 6.45) is 6.56. The molecule has 4 aromatic rings. The normalized spacial score (nSPS) is 16.9. The number of rotatable bonds is 3. The summed E-state index contributed by atoms with van der Waals surface area (Å²) in [5.41, 5.74) is 4.33. The van der Waals surface area contributed by atoms with Gasteiger partial charge in [0.25, 0.3) is 0 Å². The third-order valence-electron chi connectivity index (χ3n) is 5.70. The predicted octanol–water partition coefficient (Wildman–Crippen LogP) is 2.05. The van der Waals surface area contributed by atoms with E-state index in [0.29, 0.717) is 23.0 Å². The van der Waals surface area contributed by atoms with Gasteiger partial charge in [-0.25, -0.2) is 15.0 Å². The first kappa shape index (κ1) is 17.8. The molecule has 148 valence electrons. The van der Waals surface area contributed by atoms with Gasteiger partial charge in [0, 0.05) is 42.8 Å². The second kappa shape index (κ2) is 6.66. The van der Waals surface area contributed by atoms with E-state index >= 15 is 0 Å². The lowest BCUT2D eigenvalue weighted by atomic mass is 10.2. The number of anilines is 1. The zero-order chi connectivity index (χ0) is 20.1. The van der Waals surface area contributed by atoms with Crippen LogP contribution in [0.5, 0.6) is 0 Å². The number of aromatic amines is 1. The van der Waals surface area contributed by atoms with Crippen molar-refractivity contribution in [1.82, 2.24) is 29.7 Å². The molecule has 0 radical (unpaired) electrons. The molecule has 1 fully saturated rings. The highest BCUT2D eigenvalue weighted by molar-refractivity contribution is 5.78. The molecule has 5 rings (SSSR count). The number of nitrogens with one attached hydrogen (secondary N) is 2. The molecule has 1 aliphatic heterocycles. The quantitative estimate of drug-likeness (QED) is 0.557. The van der Waals surface area contributed by atoms with Crippen molar-refractivity contribution in [2.24, 2.45) is 0 Å². The molecule has 0 amide bonds. The summed E-state index contributed by atoms with van der Waals surface area (Å²) in [4.78, 5) is 32.2. The Balaban J connectivity index is 1.55. The molecule has 5 heterocycles. The minimum absolute atomic E-state index is 0.0639. The fourth-order valence-corrected chi connectivity index (χ4v) is 4.03. The summed E-state index contributed by atoms with van der Waals surface area (Å²) >= 11 is 0. The molecule has 1 aliphatic rings. The molecule has 1 unspecified atom stereocenters. The monoisotopic (exact) mass is 389 g/mol. The van der Waals surface area contributed by atoms with Gasteiger partial charge in [0.1, 0.15) is 17.0 Å². The van der Waals surface area contributed by atoms with Crippen LogP contribution in [0.15, 0.2) is 35.5 Å². The van der Waals surface area contributed by atoms with Crippen molar-refractivity contribution in [3.8, 4) is 11.4 Å². The molecule has 0 aromatic carbocycles. The number of fused-ring (bicyclic) bond motifs is 2. The van der Waals surface area contributed by atoms with Crippen molar-refractivity contribution in [2.75, 3.05) is 25.0 Å². The van der Waals surface area contributed by atoms with Gasteiger partial charge in [0.15, 0.2) is 11.3 Å². The zero-order valence-corrected chi connectivity index (χ0v) is 16.7. The van der Waals surface area contributed by atoms with Crippen molar-refractivity contribution in [3.05, 3.63) is 52.2 Å². The van der Waals surface area contributed by atoms with E-state index in [0.717, 1.165) is 47.7 Å². The topological polar surface area (TPSA) is 91.2 Å². The lowest BCUT2D eigenvalue weighted by Crippen LogP contribution is -2.29. The third kappa shape index (κ3) is 2.96. The van der Waals surface area contributed by atoms with Crippen molar-refractivity contribution in [2.45, 2.75) is 26.3 Å². The second-order valence-electron chi connectivity index (χ2n) is 7.68. The first-order valence-electron chi connectivity index (χ1n) is 9.81. The Kier molecular flexibility index (Phi) is 4.09. The molecule has 0 bridgehead atoms. The highest BCUT2D eigenvalue weighted by Crippen LogP contribution is 2.22. The van der Waals surface area contributed by atoms with Crippen LogP contribution in [0.3, 0.4) is 0 Å². The molecule has 8 heteroatoms. The maximum Gasteiger partial charge on any atom is 0.197 e. The highest BCUT2D eigenvalue weighted by Gasteiger charge is 2.22. The van der Waals surface area contributed by atoms with Gasteiger partial charge in [-0.15, -0.1) is 0 Å². The van der Waals surface area contributed by atoms with E-state index in [1.165, 1.54) is 0 Å². The van der Waals surface area contributed by atoms with Gasteiger partial charge in [-0.3, -0.25) is 4.79 Å². The zero-order valence-electron chi connectivity index (χ0n) is 16.7. The van der Waals surface area contributed by atoms with Crippen LogP contribution < -0.4 is 15.6 Å². The fraction of sp³-hybridized carbons (Fsp3) is 0.333.